The van der Waals surface area contributed by atoms with Crippen molar-refractivity contribution in [2.45, 2.75) is 32.5 Å². The molecule has 2 N–H and O–H groups in total. The first kappa shape index (κ1) is 24.8. The van der Waals surface area contributed by atoms with E-state index in [1.807, 2.05) is 13.0 Å². The van der Waals surface area contributed by atoms with Crippen LogP contribution < -0.4 is 20.2 Å². The topological polar surface area (TPSA) is 98.2 Å². The molecule has 1 aliphatic heterocycles. The highest BCUT2D eigenvalue weighted by molar-refractivity contribution is 6.42. The fourth-order valence-corrected chi connectivity index (χ4v) is 3.41. The van der Waals surface area contributed by atoms with Crippen LogP contribution in [0.1, 0.15) is 30.9 Å². The highest BCUT2D eigenvalue weighted by Crippen LogP contribution is 2.30. The van der Waals surface area contributed by atoms with Crippen LogP contribution in [0.15, 0.2) is 41.5 Å². The predicted octanol–water partition coefficient (Wildman–Crippen LogP) is 3.72. The Kier molecular flexibility index (Phi) is 9.35. The highest BCUT2D eigenvalue weighted by Gasteiger charge is 2.19. The van der Waals surface area contributed by atoms with E-state index in [4.69, 9.17) is 37.4 Å². The van der Waals surface area contributed by atoms with E-state index in [1.165, 1.54) is 6.21 Å². The van der Waals surface area contributed by atoms with Crippen LogP contribution in [0.25, 0.3) is 0 Å². The van der Waals surface area contributed by atoms with Gasteiger partial charge in [-0.2, -0.15) is 5.10 Å². The van der Waals surface area contributed by atoms with Crippen molar-refractivity contribution in [3.8, 4) is 11.5 Å². The number of rotatable bonds is 9. The summed E-state index contributed by atoms with van der Waals surface area (Å²) in [6.07, 6.45) is 3.20. The summed E-state index contributed by atoms with van der Waals surface area (Å²) < 4.78 is 16.9. The number of amides is 2. The quantitative estimate of drug-likeness (QED) is 0.315. The molecule has 1 heterocycles. The van der Waals surface area contributed by atoms with Crippen LogP contribution in [0.5, 0.6) is 11.5 Å². The zero-order valence-electron chi connectivity index (χ0n) is 18.1. The number of hydrogen-bond acceptors (Lipinski definition) is 6. The van der Waals surface area contributed by atoms with Crippen molar-refractivity contribution in [1.29, 1.82) is 0 Å². The van der Waals surface area contributed by atoms with E-state index in [1.54, 1.807) is 30.3 Å². The smallest absolute Gasteiger partial charge is 0.329 e. The SMILES string of the molecule is CCOc1cc(/C=N\NC(=O)C(=O)NC[C@@H]2CCCO2)ccc1OCc1ccc(Cl)c(Cl)c1. The van der Waals surface area contributed by atoms with Gasteiger partial charge in [0.1, 0.15) is 6.61 Å². The number of carbonyl (C=O) groups is 2. The summed E-state index contributed by atoms with van der Waals surface area (Å²) in [6, 6.07) is 10.5. The van der Waals surface area contributed by atoms with Gasteiger partial charge in [0.05, 0.1) is 29.0 Å². The Balaban J connectivity index is 1.54. The molecule has 0 aliphatic carbocycles. The second-order valence-corrected chi connectivity index (χ2v) is 8.03. The molecule has 1 atom stereocenters. The van der Waals surface area contributed by atoms with Crippen molar-refractivity contribution in [1.82, 2.24) is 10.7 Å². The first-order valence-corrected chi connectivity index (χ1v) is 11.3. The van der Waals surface area contributed by atoms with Crippen LogP contribution in [0, 0.1) is 0 Å². The molecule has 8 nitrogen and oxygen atoms in total. The minimum absolute atomic E-state index is 0.0420. The standard InChI is InChI=1S/C23H25Cl2N3O5/c1-2-31-21-11-15(6-8-20(21)33-14-16-5-7-18(24)19(25)10-16)12-27-28-23(30)22(29)26-13-17-4-3-9-32-17/h5-8,10-12,17H,2-4,9,13-14H2,1H3,(H,26,29)(H,28,30)/b27-12-/t17-/m0/s1. The number of nitrogens with zero attached hydrogens (tertiary/aromatic N) is 1. The van der Waals surface area contributed by atoms with E-state index in [9.17, 15) is 9.59 Å². The van der Waals surface area contributed by atoms with E-state index in [2.05, 4.69) is 15.8 Å². The molecule has 2 amide bonds. The maximum Gasteiger partial charge on any atom is 0.329 e. The van der Waals surface area contributed by atoms with Crippen LogP contribution in [0.3, 0.4) is 0 Å². The summed E-state index contributed by atoms with van der Waals surface area (Å²) >= 11 is 12.0. The predicted molar refractivity (Wildman–Crippen MR) is 126 cm³/mol. The Hall–Kier alpha value is -2.81. The van der Waals surface area contributed by atoms with Crippen LogP contribution in [0.2, 0.25) is 10.0 Å². The second kappa shape index (κ2) is 12.4. The molecule has 0 aromatic heterocycles. The minimum Gasteiger partial charge on any atom is -0.490 e. The van der Waals surface area contributed by atoms with Gasteiger partial charge in [0.2, 0.25) is 0 Å². The average molecular weight is 494 g/mol. The van der Waals surface area contributed by atoms with Crippen molar-refractivity contribution in [2.75, 3.05) is 19.8 Å². The fourth-order valence-electron chi connectivity index (χ4n) is 3.09. The lowest BCUT2D eigenvalue weighted by molar-refractivity contribution is -0.139. The Morgan fingerprint density at radius 1 is 1.12 bits per heavy atom. The molecule has 2 aromatic carbocycles. The molecule has 1 saturated heterocycles. The molecular formula is C23H25Cl2N3O5. The third kappa shape index (κ3) is 7.63. The molecule has 0 unspecified atom stereocenters. The summed E-state index contributed by atoms with van der Waals surface area (Å²) in [6.45, 7) is 3.56. The lowest BCUT2D eigenvalue weighted by Crippen LogP contribution is -2.41. The Labute approximate surface area is 202 Å². The van der Waals surface area contributed by atoms with E-state index in [-0.39, 0.29) is 12.7 Å². The molecule has 0 radical (unpaired) electrons. The molecule has 0 bridgehead atoms. The molecule has 2 aromatic rings. The van der Waals surface area contributed by atoms with E-state index < -0.39 is 11.8 Å². The maximum atomic E-state index is 11.9. The third-order valence-corrected chi connectivity index (χ3v) is 5.49. The number of hydrazone groups is 1. The van der Waals surface area contributed by atoms with Crippen molar-refractivity contribution >= 4 is 41.2 Å². The zero-order chi connectivity index (χ0) is 23.6. The van der Waals surface area contributed by atoms with E-state index in [0.717, 1.165) is 18.4 Å². The van der Waals surface area contributed by atoms with Gasteiger partial charge in [0, 0.05) is 13.2 Å². The van der Waals surface area contributed by atoms with E-state index in [0.29, 0.717) is 46.9 Å². The summed E-state index contributed by atoms with van der Waals surface area (Å²) in [7, 11) is 0. The lowest BCUT2D eigenvalue weighted by Gasteiger charge is -2.13. The molecule has 0 spiro atoms. The number of halogens is 2. The normalized spacial score (nSPS) is 15.4. The van der Waals surface area contributed by atoms with Gasteiger partial charge in [-0.05, 0) is 61.2 Å². The Morgan fingerprint density at radius 3 is 2.70 bits per heavy atom. The van der Waals surface area contributed by atoms with Gasteiger partial charge in [-0.1, -0.05) is 29.3 Å². The average Bonchev–Trinajstić information content (AvgIpc) is 3.33. The second-order valence-electron chi connectivity index (χ2n) is 7.22. The zero-order valence-corrected chi connectivity index (χ0v) is 19.6. The number of benzene rings is 2. The Bertz CT molecular complexity index is 1010. The number of ether oxygens (including phenoxy) is 3. The number of carbonyl (C=O) groups excluding carboxylic acids is 2. The van der Waals surface area contributed by atoms with Crippen molar-refractivity contribution in [2.24, 2.45) is 5.10 Å². The monoisotopic (exact) mass is 493 g/mol. The van der Waals surface area contributed by atoms with Crippen LogP contribution in [0.4, 0.5) is 0 Å². The Morgan fingerprint density at radius 2 is 1.97 bits per heavy atom. The van der Waals surface area contributed by atoms with Gasteiger partial charge >= 0.3 is 11.8 Å². The molecule has 33 heavy (non-hydrogen) atoms. The van der Waals surface area contributed by atoms with Gasteiger partial charge in [0.15, 0.2) is 11.5 Å². The van der Waals surface area contributed by atoms with Gasteiger partial charge < -0.3 is 19.5 Å². The first-order valence-electron chi connectivity index (χ1n) is 10.5. The summed E-state index contributed by atoms with van der Waals surface area (Å²) in [4.78, 5) is 23.7. The van der Waals surface area contributed by atoms with Crippen molar-refractivity contribution in [3.63, 3.8) is 0 Å². The summed E-state index contributed by atoms with van der Waals surface area (Å²) in [5.74, 6) is -0.556. The fraction of sp³-hybridized carbons (Fsp3) is 0.348. The van der Waals surface area contributed by atoms with Crippen molar-refractivity contribution in [3.05, 3.63) is 57.6 Å². The lowest BCUT2D eigenvalue weighted by atomic mass is 10.2. The van der Waals surface area contributed by atoms with Gasteiger partial charge in [-0.25, -0.2) is 5.43 Å². The molecule has 1 fully saturated rings. The number of hydrogen-bond donors (Lipinski definition) is 2. The van der Waals surface area contributed by atoms with Crippen LogP contribution >= 0.6 is 23.2 Å². The summed E-state index contributed by atoms with van der Waals surface area (Å²) in [5.41, 5.74) is 3.72. The molecular weight excluding hydrogens is 469 g/mol. The third-order valence-electron chi connectivity index (χ3n) is 4.75. The molecule has 10 heteroatoms. The highest BCUT2D eigenvalue weighted by atomic mass is 35.5. The summed E-state index contributed by atoms with van der Waals surface area (Å²) in [5, 5.41) is 7.32. The van der Waals surface area contributed by atoms with Crippen LogP contribution in [-0.2, 0) is 20.9 Å². The van der Waals surface area contributed by atoms with Crippen molar-refractivity contribution < 1.29 is 23.8 Å². The van der Waals surface area contributed by atoms with E-state index >= 15 is 0 Å². The van der Waals surface area contributed by atoms with Gasteiger partial charge in [-0.3, -0.25) is 9.59 Å². The first-order chi connectivity index (χ1) is 16.0. The molecule has 176 valence electrons. The maximum absolute atomic E-state index is 11.9. The minimum atomic E-state index is -0.851. The molecule has 0 saturated carbocycles. The molecule has 3 rings (SSSR count). The number of nitrogens with one attached hydrogen (secondary N) is 2. The van der Waals surface area contributed by atoms with Gasteiger partial charge in [-0.15, -0.1) is 0 Å². The largest absolute Gasteiger partial charge is 0.490 e. The molecule has 1 aliphatic rings. The van der Waals surface area contributed by atoms with Crippen LogP contribution in [-0.4, -0.2) is 43.9 Å². The van der Waals surface area contributed by atoms with Gasteiger partial charge in [0.25, 0.3) is 0 Å².